The molecule has 1 saturated heterocycles. The third-order valence-electron chi connectivity index (χ3n) is 3.65. The zero-order valence-corrected chi connectivity index (χ0v) is 13.9. The first-order valence-corrected chi connectivity index (χ1v) is 9.07. The maximum atomic E-state index is 12.6. The molecule has 0 bridgehead atoms. The van der Waals surface area contributed by atoms with E-state index in [1.54, 1.807) is 36.7 Å². The second kappa shape index (κ2) is 6.82. The number of piperidine rings is 1. The van der Waals surface area contributed by atoms with E-state index in [0.717, 1.165) is 0 Å². The van der Waals surface area contributed by atoms with Gasteiger partial charge in [-0.1, -0.05) is 17.7 Å². The van der Waals surface area contributed by atoms with Gasteiger partial charge in [-0.3, -0.25) is 0 Å². The normalized spacial score (nSPS) is 17.1. The first kappa shape index (κ1) is 16.2. The number of hydrogen-bond acceptors (Lipinski definition) is 5. The van der Waals surface area contributed by atoms with Crippen molar-refractivity contribution in [3.8, 4) is 6.01 Å². The standard InChI is InChI=1S/C15H16ClN3O3S/c16-12-3-1-4-14(11-12)23(20,21)19-9-5-13(6-10-19)22-15-17-7-2-8-18-15/h1-4,7-8,11,13H,5-6,9-10H2. The van der Waals surface area contributed by atoms with Crippen LogP contribution in [0.15, 0.2) is 47.6 Å². The monoisotopic (exact) mass is 353 g/mol. The fourth-order valence-electron chi connectivity index (χ4n) is 2.46. The zero-order chi connectivity index (χ0) is 16.3. The van der Waals surface area contributed by atoms with Gasteiger partial charge in [0.2, 0.25) is 10.0 Å². The molecule has 0 aliphatic carbocycles. The van der Waals surface area contributed by atoms with E-state index in [1.165, 1.54) is 10.4 Å². The molecule has 0 atom stereocenters. The predicted octanol–water partition coefficient (Wildman–Crippen LogP) is 2.36. The number of sulfonamides is 1. The minimum atomic E-state index is -3.52. The number of ether oxygens (including phenoxy) is 1. The molecule has 0 saturated carbocycles. The number of nitrogens with zero attached hydrogens (tertiary/aromatic N) is 3. The van der Waals surface area contributed by atoms with Crippen LogP contribution in [0.5, 0.6) is 6.01 Å². The Balaban J connectivity index is 1.64. The van der Waals surface area contributed by atoms with Crippen molar-refractivity contribution in [1.82, 2.24) is 14.3 Å². The van der Waals surface area contributed by atoms with Gasteiger partial charge in [0.1, 0.15) is 6.10 Å². The van der Waals surface area contributed by atoms with E-state index in [9.17, 15) is 8.42 Å². The predicted molar refractivity (Wildman–Crippen MR) is 85.9 cm³/mol. The van der Waals surface area contributed by atoms with Gasteiger partial charge in [0.15, 0.2) is 0 Å². The summed E-state index contributed by atoms with van der Waals surface area (Å²) in [4.78, 5) is 8.25. The molecular formula is C15H16ClN3O3S. The van der Waals surface area contributed by atoms with Crippen molar-refractivity contribution >= 4 is 21.6 Å². The largest absolute Gasteiger partial charge is 0.460 e. The van der Waals surface area contributed by atoms with Crippen LogP contribution in [0.25, 0.3) is 0 Å². The fourth-order valence-corrected chi connectivity index (χ4v) is 4.23. The van der Waals surface area contributed by atoms with Crippen LogP contribution in [0.4, 0.5) is 0 Å². The Morgan fingerprint density at radius 2 is 1.83 bits per heavy atom. The lowest BCUT2D eigenvalue weighted by Gasteiger charge is -2.30. The Morgan fingerprint density at radius 1 is 1.13 bits per heavy atom. The van der Waals surface area contributed by atoms with Crippen molar-refractivity contribution in [1.29, 1.82) is 0 Å². The molecule has 1 aliphatic heterocycles. The van der Waals surface area contributed by atoms with Crippen LogP contribution in [-0.4, -0.2) is 41.9 Å². The molecular weight excluding hydrogens is 338 g/mol. The molecule has 23 heavy (non-hydrogen) atoms. The first-order chi connectivity index (χ1) is 11.1. The van der Waals surface area contributed by atoms with Crippen LogP contribution in [0.1, 0.15) is 12.8 Å². The average Bonchev–Trinajstić information content (AvgIpc) is 2.56. The highest BCUT2D eigenvalue weighted by Gasteiger charge is 2.30. The number of hydrogen-bond donors (Lipinski definition) is 0. The molecule has 1 aromatic carbocycles. The minimum Gasteiger partial charge on any atom is -0.460 e. The molecule has 0 N–H and O–H groups in total. The van der Waals surface area contributed by atoms with Gasteiger partial charge < -0.3 is 4.74 Å². The summed E-state index contributed by atoms with van der Waals surface area (Å²) in [5.41, 5.74) is 0. The van der Waals surface area contributed by atoms with Gasteiger partial charge in [-0.25, -0.2) is 18.4 Å². The van der Waals surface area contributed by atoms with Gasteiger partial charge in [-0.2, -0.15) is 4.31 Å². The van der Waals surface area contributed by atoms with E-state index in [2.05, 4.69) is 9.97 Å². The quantitative estimate of drug-likeness (QED) is 0.843. The SMILES string of the molecule is O=S(=O)(c1cccc(Cl)c1)N1CCC(Oc2ncccn2)CC1. The van der Waals surface area contributed by atoms with Crippen LogP contribution in [0.2, 0.25) is 5.02 Å². The summed E-state index contributed by atoms with van der Waals surface area (Å²) in [5, 5.41) is 0.408. The molecule has 3 rings (SSSR count). The third kappa shape index (κ3) is 3.80. The van der Waals surface area contributed by atoms with Gasteiger partial charge in [0.05, 0.1) is 4.90 Å². The van der Waals surface area contributed by atoms with Crippen molar-refractivity contribution in [2.75, 3.05) is 13.1 Å². The van der Waals surface area contributed by atoms with Crippen LogP contribution in [0, 0.1) is 0 Å². The third-order valence-corrected chi connectivity index (χ3v) is 5.78. The molecule has 2 heterocycles. The van der Waals surface area contributed by atoms with E-state index in [0.29, 0.717) is 37.0 Å². The van der Waals surface area contributed by atoms with Gasteiger partial charge in [0, 0.05) is 30.5 Å². The molecule has 0 spiro atoms. The minimum absolute atomic E-state index is 0.0804. The molecule has 0 amide bonds. The van der Waals surface area contributed by atoms with Crippen molar-refractivity contribution in [3.63, 3.8) is 0 Å². The van der Waals surface area contributed by atoms with Crippen molar-refractivity contribution in [3.05, 3.63) is 47.7 Å². The maximum absolute atomic E-state index is 12.6. The van der Waals surface area contributed by atoms with E-state index in [-0.39, 0.29) is 11.0 Å². The number of aromatic nitrogens is 2. The van der Waals surface area contributed by atoms with Gasteiger partial charge in [-0.05, 0) is 37.1 Å². The molecule has 1 aromatic heterocycles. The summed E-state index contributed by atoms with van der Waals surface area (Å²) in [6.07, 6.45) is 4.33. The number of halogens is 1. The summed E-state index contributed by atoms with van der Waals surface area (Å²) < 4.78 is 32.4. The lowest BCUT2D eigenvalue weighted by atomic mass is 10.1. The van der Waals surface area contributed by atoms with Gasteiger partial charge in [0.25, 0.3) is 0 Å². The highest BCUT2D eigenvalue weighted by molar-refractivity contribution is 7.89. The molecule has 0 unspecified atom stereocenters. The van der Waals surface area contributed by atoms with Crippen LogP contribution < -0.4 is 4.74 Å². The Bertz CT molecular complexity index is 763. The molecule has 8 heteroatoms. The van der Waals surface area contributed by atoms with Crippen LogP contribution >= 0.6 is 11.6 Å². The Kier molecular flexibility index (Phi) is 4.79. The summed E-state index contributed by atoms with van der Waals surface area (Å²) in [5.74, 6) is 0. The van der Waals surface area contributed by atoms with Crippen molar-refractivity contribution in [2.45, 2.75) is 23.8 Å². The molecule has 0 radical (unpaired) electrons. The zero-order valence-electron chi connectivity index (χ0n) is 12.3. The van der Waals surface area contributed by atoms with E-state index >= 15 is 0 Å². The molecule has 1 fully saturated rings. The van der Waals surface area contributed by atoms with Gasteiger partial charge >= 0.3 is 6.01 Å². The highest BCUT2D eigenvalue weighted by atomic mass is 35.5. The Hall–Kier alpha value is -1.70. The lowest BCUT2D eigenvalue weighted by molar-refractivity contribution is 0.124. The fraction of sp³-hybridized carbons (Fsp3) is 0.333. The van der Waals surface area contributed by atoms with E-state index in [1.807, 2.05) is 0 Å². The summed E-state index contributed by atoms with van der Waals surface area (Å²) in [6.45, 7) is 0.790. The van der Waals surface area contributed by atoms with Crippen LogP contribution in [0.3, 0.4) is 0 Å². The smallest absolute Gasteiger partial charge is 0.316 e. The second-order valence-corrected chi connectivity index (χ2v) is 7.58. The maximum Gasteiger partial charge on any atom is 0.316 e. The second-order valence-electron chi connectivity index (χ2n) is 5.21. The molecule has 6 nitrogen and oxygen atoms in total. The van der Waals surface area contributed by atoms with E-state index < -0.39 is 10.0 Å². The molecule has 1 aliphatic rings. The van der Waals surface area contributed by atoms with Gasteiger partial charge in [-0.15, -0.1) is 0 Å². The Morgan fingerprint density at radius 3 is 2.48 bits per heavy atom. The first-order valence-electron chi connectivity index (χ1n) is 7.25. The lowest BCUT2D eigenvalue weighted by Crippen LogP contribution is -2.41. The van der Waals surface area contributed by atoms with E-state index in [4.69, 9.17) is 16.3 Å². The topological polar surface area (TPSA) is 72.4 Å². The van der Waals surface area contributed by atoms with Crippen LogP contribution in [-0.2, 0) is 10.0 Å². The summed E-state index contributed by atoms with van der Waals surface area (Å²) in [7, 11) is -3.52. The average molecular weight is 354 g/mol. The van der Waals surface area contributed by atoms with Crippen molar-refractivity contribution < 1.29 is 13.2 Å². The van der Waals surface area contributed by atoms with Crippen molar-refractivity contribution in [2.24, 2.45) is 0 Å². The molecule has 2 aromatic rings. The molecule has 122 valence electrons. The number of benzene rings is 1. The highest BCUT2D eigenvalue weighted by Crippen LogP contribution is 2.24. The summed E-state index contributed by atoms with van der Waals surface area (Å²) in [6, 6.07) is 8.35. The number of rotatable bonds is 4. The summed E-state index contributed by atoms with van der Waals surface area (Å²) >= 11 is 5.89. The Labute approximate surface area is 140 Å².